The van der Waals surface area contributed by atoms with Crippen LogP contribution in [0.2, 0.25) is 0 Å². The van der Waals surface area contributed by atoms with Crippen LogP contribution in [0, 0.1) is 0 Å². The van der Waals surface area contributed by atoms with E-state index in [9.17, 15) is 0 Å². The van der Waals surface area contributed by atoms with Gasteiger partial charge in [-0.2, -0.15) is 5.48 Å². The topological polar surface area (TPSA) is 102 Å². The van der Waals surface area contributed by atoms with Crippen LogP contribution < -0.4 is 5.48 Å². The number of nitrogens with one attached hydrogen (secondary N) is 1. The fraction of sp³-hybridized carbons (Fsp3) is 1.00. The lowest BCUT2D eigenvalue weighted by molar-refractivity contribution is -0.0867. The summed E-state index contributed by atoms with van der Waals surface area (Å²) in [6, 6.07) is 0. The Morgan fingerprint density at radius 3 is 2.18 bits per heavy atom. The second-order valence-corrected chi connectivity index (χ2v) is 2.39. The fourth-order valence-electron chi connectivity index (χ4n) is 1.01. The standard InChI is InChI=1S/C5H11NO5/c7-1-2-3(8)4(9)5(6-10)11-2/h2-10H,1H2/t2-,3+,4+,5-/m1/s1. The van der Waals surface area contributed by atoms with Gasteiger partial charge in [0.05, 0.1) is 6.61 Å². The molecule has 0 saturated carbocycles. The molecule has 1 saturated heterocycles. The van der Waals surface area contributed by atoms with Gasteiger partial charge in [-0.1, -0.05) is 0 Å². The van der Waals surface area contributed by atoms with E-state index in [1.807, 2.05) is 0 Å². The molecular weight excluding hydrogens is 154 g/mol. The lowest BCUT2D eigenvalue weighted by atomic mass is 10.1. The quantitative estimate of drug-likeness (QED) is 0.288. The molecule has 4 atom stereocenters. The molecular formula is C5H11NO5. The Bertz CT molecular complexity index is 114. The molecule has 0 aromatic rings. The van der Waals surface area contributed by atoms with Gasteiger partial charge in [-0.3, -0.25) is 0 Å². The van der Waals surface area contributed by atoms with E-state index in [1.54, 1.807) is 5.48 Å². The second-order valence-electron chi connectivity index (χ2n) is 2.39. The Morgan fingerprint density at radius 2 is 1.91 bits per heavy atom. The van der Waals surface area contributed by atoms with Crippen molar-refractivity contribution in [2.45, 2.75) is 24.5 Å². The van der Waals surface area contributed by atoms with Crippen LogP contribution in [0.1, 0.15) is 0 Å². The maximum Gasteiger partial charge on any atom is 0.158 e. The summed E-state index contributed by atoms with van der Waals surface area (Å²) in [5, 5.41) is 35.0. The van der Waals surface area contributed by atoms with Crippen LogP contribution in [0.25, 0.3) is 0 Å². The molecule has 0 aliphatic carbocycles. The highest BCUT2D eigenvalue weighted by atomic mass is 16.6. The summed E-state index contributed by atoms with van der Waals surface area (Å²) in [6.45, 7) is -0.392. The third kappa shape index (κ3) is 1.51. The molecule has 1 rings (SSSR count). The normalized spacial score (nSPS) is 44.7. The van der Waals surface area contributed by atoms with E-state index in [0.717, 1.165) is 0 Å². The number of rotatable bonds is 2. The molecule has 11 heavy (non-hydrogen) atoms. The maximum absolute atomic E-state index is 9.07. The summed E-state index contributed by atoms with van der Waals surface area (Å²) in [4.78, 5) is 0. The average Bonchev–Trinajstić information content (AvgIpc) is 2.30. The molecule has 0 aromatic heterocycles. The molecule has 6 nitrogen and oxygen atoms in total. The predicted molar refractivity (Wildman–Crippen MR) is 32.7 cm³/mol. The average molecular weight is 165 g/mol. The van der Waals surface area contributed by atoms with Crippen molar-refractivity contribution in [3.8, 4) is 0 Å². The van der Waals surface area contributed by atoms with Crippen LogP contribution in [0.5, 0.6) is 0 Å². The van der Waals surface area contributed by atoms with E-state index in [0.29, 0.717) is 0 Å². The van der Waals surface area contributed by atoms with Gasteiger partial charge in [0.1, 0.15) is 18.3 Å². The third-order valence-electron chi connectivity index (χ3n) is 1.67. The highest BCUT2D eigenvalue weighted by Crippen LogP contribution is 2.18. The lowest BCUT2D eigenvalue weighted by Crippen LogP contribution is -2.39. The zero-order chi connectivity index (χ0) is 8.43. The number of aliphatic hydroxyl groups excluding tert-OH is 3. The lowest BCUT2D eigenvalue weighted by Gasteiger charge is -2.11. The molecule has 6 heteroatoms. The molecule has 5 N–H and O–H groups in total. The van der Waals surface area contributed by atoms with Gasteiger partial charge in [0.25, 0.3) is 0 Å². The van der Waals surface area contributed by atoms with Crippen molar-refractivity contribution >= 4 is 0 Å². The molecule has 66 valence electrons. The molecule has 0 spiro atoms. The van der Waals surface area contributed by atoms with Gasteiger partial charge in [0.15, 0.2) is 6.23 Å². The summed E-state index contributed by atoms with van der Waals surface area (Å²) in [5.74, 6) is 0. The van der Waals surface area contributed by atoms with Gasteiger partial charge in [-0.05, 0) is 0 Å². The molecule has 0 radical (unpaired) electrons. The van der Waals surface area contributed by atoms with E-state index < -0.39 is 31.1 Å². The minimum atomic E-state index is -1.21. The van der Waals surface area contributed by atoms with Crippen molar-refractivity contribution in [3.63, 3.8) is 0 Å². The highest BCUT2D eigenvalue weighted by molar-refractivity contribution is 4.87. The van der Waals surface area contributed by atoms with Crippen molar-refractivity contribution in [3.05, 3.63) is 0 Å². The minimum Gasteiger partial charge on any atom is -0.394 e. The fourth-order valence-corrected chi connectivity index (χ4v) is 1.01. The van der Waals surface area contributed by atoms with Crippen LogP contribution in [0.15, 0.2) is 0 Å². The monoisotopic (exact) mass is 165 g/mol. The first-order valence-electron chi connectivity index (χ1n) is 3.22. The number of aliphatic hydroxyl groups is 3. The van der Waals surface area contributed by atoms with Crippen LogP contribution in [0.3, 0.4) is 0 Å². The van der Waals surface area contributed by atoms with Crippen molar-refractivity contribution < 1.29 is 25.3 Å². The Labute approximate surface area is 63.0 Å². The molecule has 0 bridgehead atoms. The largest absolute Gasteiger partial charge is 0.394 e. The molecule has 1 aliphatic heterocycles. The summed E-state index contributed by atoms with van der Waals surface area (Å²) in [6.07, 6.45) is -4.24. The third-order valence-corrected chi connectivity index (χ3v) is 1.67. The maximum atomic E-state index is 9.07. The first kappa shape index (κ1) is 8.85. The number of hydroxylamine groups is 1. The van der Waals surface area contributed by atoms with Crippen molar-refractivity contribution in [2.24, 2.45) is 0 Å². The van der Waals surface area contributed by atoms with E-state index in [-0.39, 0.29) is 0 Å². The highest BCUT2D eigenvalue weighted by Gasteiger charge is 2.41. The molecule has 1 aliphatic rings. The zero-order valence-corrected chi connectivity index (χ0v) is 5.71. The summed E-state index contributed by atoms with van der Waals surface area (Å²) >= 11 is 0. The number of ether oxygens (including phenoxy) is 1. The van der Waals surface area contributed by atoms with Crippen molar-refractivity contribution in [1.82, 2.24) is 5.48 Å². The number of hydrogen-bond acceptors (Lipinski definition) is 6. The van der Waals surface area contributed by atoms with Gasteiger partial charge in [0.2, 0.25) is 0 Å². The molecule has 1 fully saturated rings. The first-order valence-corrected chi connectivity index (χ1v) is 3.22. The molecule has 0 unspecified atom stereocenters. The second kappa shape index (κ2) is 3.44. The first-order chi connectivity index (χ1) is 5.20. The number of hydrogen-bond donors (Lipinski definition) is 5. The van der Waals surface area contributed by atoms with E-state index in [4.69, 9.17) is 25.3 Å². The zero-order valence-electron chi connectivity index (χ0n) is 5.71. The molecule has 0 amide bonds. The van der Waals surface area contributed by atoms with E-state index in [2.05, 4.69) is 0 Å². The molecule has 0 aromatic carbocycles. The Hall–Kier alpha value is -0.240. The Morgan fingerprint density at radius 1 is 1.27 bits per heavy atom. The summed E-state index contributed by atoms with van der Waals surface area (Å²) in [5.41, 5.74) is 1.67. The van der Waals surface area contributed by atoms with Gasteiger partial charge in [0, 0.05) is 0 Å². The summed E-state index contributed by atoms with van der Waals surface area (Å²) < 4.78 is 4.77. The molecule has 1 heterocycles. The van der Waals surface area contributed by atoms with E-state index >= 15 is 0 Å². The van der Waals surface area contributed by atoms with Gasteiger partial charge in [-0.25, -0.2) is 0 Å². The van der Waals surface area contributed by atoms with Crippen LogP contribution >= 0.6 is 0 Å². The smallest absolute Gasteiger partial charge is 0.158 e. The van der Waals surface area contributed by atoms with Gasteiger partial charge < -0.3 is 25.3 Å². The summed E-state index contributed by atoms with van der Waals surface area (Å²) in [7, 11) is 0. The van der Waals surface area contributed by atoms with Crippen LogP contribution in [0.4, 0.5) is 0 Å². The van der Waals surface area contributed by atoms with Gasteiger partial charge >= 0.3 is 0 Å². The minimum absolute atomic E-state index is 0.392. The predicted octanol–water partition coefficient (Wildman–Crippen LogP) is -2.60. The Balaban J connectivity index is 2.53. The van der Waals surface area contributed by atoms with Crippen molar-refractivity contribution in [1.29, 1.82) is 0 Å². The van der Waals surface area contributed by atoms with Crippen molar-refractivity contribution in [2.75, 3.05) is 6.61 Å². The van der Waals surface area contributed by atoms with Crippen LogP contribution in [-0.2, 0) is 4.74 Å². The Kier molecular flexibility index (Phi) is 2.77. The SMILES string of the molecule is OC[C@H]1O[C@@H](NO)[C@@H](O)[C@H]1O. The van der Waals surface area contributed by atoms with E-state index in [1.165, 1.54) is 0 Å². The van der Waals surface area contributed by atoms with Gasteiger partial charge in [-0.15, -0.1) is 0 Å². The van der Waals surface area contributed by atoms with Crippen LogP contribution in [-0.4, -0.2) is 51.7 Å².